The molecule has 1 aliphatic carbocycles. The van der Waals surface area contributed by atoms with Crippen LogP contribution in [0.4, 0.5) is 0 Å². The fraction of sp³-hybridized carbons (Fsp3) is 0.923. The molecule has 0 unspecified atom stereocenters. The Labute approximate surface area is 128 Å². The van der Waals surface area contributed by atoms with E-state index in [9.17, 15) is 0 Å². The van der Waals surface area contributed by atoms with Crippen LogP contribution >= 0.6 is 24.0 Å². The zero-order valence-electron chi connectivity index (χ0n) is 11.9. The van der Waals surface area contributed by atoms with Crippen molar-refractivity contribution >= 4 is 29.9 Å². The van der Waals surface area contributed by atoms with Crippen LogP contribution in [-0.2, 0) is 4.74 Å². The summed E-state index contributed by atoms with van der Waals surface area (Å²) in [6.45, 7) is 3.89. The van der Waals surface area contributed by atoms with Gasteiger partial charge in [-0.25, -0.2) is 0 Å². The van der Waals surface area contributed by atoms with Crippen molar-refractivity contribution in [2.24, 2.45) is 4.99 Å². The zero-order valence-corrected chi connectivity index (χ0v) is 14.3. The van der Waals surface area contributed by atoms with Gasteiger partial charge >= 0.3 is 0 Å². The summed E-state index contributed by atoms with van der Waals surface area (Å²) in [5, 5.41) is 6.40. The molecule has 5 heteroatoms. The van der Waals surface area contributed by atoms with Crippen LogP contribution in [0.1, 0.15) is 45.4 Å². The Bertz CT molecular complexity index is 240. The lowest BCUT2D eigenvalue weighted by molar-refractivity contribution is -0.0657. The van der Waals surface area contributed by atoms with Crippen molar-refractivity contribution in [1.29, 1.82) is 0 Å². The Kier molecular flexibility index (Phi) is 9.81. The first kappa shape index (κ1) is 18.0. The van der Waals surface area contributed by atoms with Crippen molar-refractivity contribution in [2.45, 2.75) is 51.0 Å². The van der Waals surface area contributed by atoms with E-state index in [1.54, 1.807) is 7.05 Å². The Hall–Kier alpha value is -0.0400. The van der Waals surface area contributed by atoms with Gasteiger partial charge in [0.15, 0.2) is 5.96 Å². The van der Waals surface area contributed by atoms with Gasteiger partial charge in [-0.05, 0) is 19.3 Å². The molecule has 0 aromatic carbocycles. The molecule has 1 aliphatic rings. The Balaban J connectivity index is 0.00000289. The third-order valence-electron chi connectivity index (χ3n) is 3.42. The van der Waals surface area contributed by atoms with Gasteiger partial charge in [-0.3, -0.25) is 4.99 Å². The fourth-order valence-electron chi connectivity index (χ4n) is 2.41. The predicted molar refractivity (Wildman–Crippen MR) is 87.9 cm³/mol. The monoisotopic (exact) mass is 369 g/mol. The van der Waals surface area contributed by atoms with Crippen LogP contribution in [0.5, 0.6) is 0 Å². The standard InChI is InChI=1S/C13H27N3O.HI/c1-4-10-17-13(8-6-5-7-9-13)11-16-12(14-2)15-3;/h4-11H2,1-3H3,(H2,14,15,16);1H. The summed E-state index contributed by atoms with van der Waals surface area (Å²) >= 11 is 0. The molecule has 1 saturated carbocycles. The highest BCUT2D eigenvalue weighted by Gasteiger charge is 2.32. The Morgan fingerprint density at radius 2 is 1.94 bits per heavy atom. The van der Waals surface area contributed by atoms with E-state index in [1.165, 1.54) is 32.1 Å². The van der Waals surface area contributed by atoms with Crippen molar-refractivity contribution in [2.75, 3.05) is 27.2 Å². The average molecular weight is 369 g/mol. The zero-order chi connectivity index (χ0) is 12.6. The average Bonchev–Trinajstić information content (AvgIpc) is 2.39. The molecule has 4 nitrogen and oxygen atoms in total. The van der Waals surface area contributed by atoms with Crippen LogP contribution in [0.2, 0.25) is 0 Å². The van der Waals surface area contributed by atoms with Gasteiger partial charge in [0.2, 0.25) is 0 Å². The molecule has 0 amide bonds. The topological polar surface area (TPSA) is 45.6 Å². The molecule has 18 heavy (non-hydrogen) atoms. The first-order valence-corrected chi connectivity index (χ1v) is 6.78. The highest BCUT2D eigenvalue weighted by atomic mass is 127. The first-order valence-electron chi connectivity index (χ1n) is 6.78. The van der Waals surface area contributed by atoms with Crippen LogP contribution in [0.15, 0.2) is 4.99 Å². The summed E-state index contributed by atoms with van der Waals surface area (Å²) < 4.78 is 6.11. The molecule has 0 aromatic rings. The number of aliphatic imine (C=N–C) groups is 1. The van der Waals surface area contributed by atoms with Crippen molar-refractivity contribution in [3.05, 3.63) is 0 Å². The first-order chi connectivity index (χ1) is 8.26. The molecule has 0 saturated heterocycles. The lowest BCUT2D eigenvalue weighted by Gasteiger charge is -2.37. The SMILES string of the molecule is CCCOC1(CNC(=NC)NC)CCCCC1.I. The van der Waals surface area contributed by atoms with E-state index in [0.717, 1.165) is 25.5 Å². The van der Waals surface area contributed by atoms with Gasteiger partial charge in [-0.15, -0.1) is 24.0 Å². The van der Waals surface area contributed by atoms with Gasteiger partial charge in [0.25, 0.3) is 0 Å². The third kappa shape index (κ3) is 5.73. The second kappa shape index (κ2) is 9.83. The van der Waals surface area contributed by atoms with Gasteiger partial charge in [0.05, 0.1) is 5.60 Å². The molecular formula is C13H28IN3O. The summed E-state index contributed by atoms with van der Waals surface area (Å²) in [6, 6.07) is 0. The lowest BCUT2D eigenvalue weighted by Crippen LogP contribution is -2.49. The molecule has 0 radical (unpaired) electrons. The van der Waals surface area contributed by atoms with E-state index in [0.29, 0.717) is 0 Å². The van der Waals surface area contributed by atoms with Crippen LogP contribution in [0.3, 0.4) is 0 Å². The predicted octanol–water partition coefficient (Wildman–Crippen LogP) is 2.53. The summed E-state index contributed by atoms with van der Waals surface area (Å²) in [5.74, 6) is 0.843. The van der Waals surface area contributed by atoms with Crippen LogP contribution in [-0.4, -0.2) is 38.8 Å². The van der Waals surface area contributed by atoms with E-state index in [2.05, 4.69) is 22.5 Å². The molecule has 1 rings (SSSR count). The molecule has 0 heterocycles. The maximum Gasteiger partial charge on any atom is 0.190 e. The molecular weight excluding hydrogens is 341 g/mol. The van der Waals surface area contributed by atoms with Gasteiger partial charge in [0.1, 0.15) is 0 Å². The smallest absolute Gasteiger partial charge is 0.190 e. The number of halogens is 1. The lowest BCUT2D eigenvalue weighted by atomic mass is 9.84. The number of hydrogen-bond donors (Lipinski definition) is 2. The molecule has 1 fully saturated rings. The number of nitrogens with one attached hydrogen (secondary N) is 2. The summed E-state index contributed by atoms with van der Waals surface area (Å²) in [4.78, 5) is 4.14. The minimum absolute atomic E-state index is 0. The van der Waals surface area contributed by atoms with Gasteiger partial charge in [-0.1, -0.05) is 26.2 Å². The van der Waals surface area contributed by atoms with Gasteiger partial charge in [-0.2, -0.15) is 0 Å². The van der Waals surface area contributed by atoms with Gasteiger partial charge in [0, 0.05) is 27.2 Å². The number of ether oxygens (including phenoxy) is 1. The van der Waals surface area contributed by atoms with E-state index in [1.807, 2.05) is 7.05 Å². The molecule has 0 atom stereocenters. The van der Waals surface area contributed by atoms with Crippen LogP contribution in [0.25, 0.3) is 0 Å². The summed E-state index contributed by atoms with van der Waals surface area (Å²) in [6.07, 6.45) is 7.33. The second-order valence-electron chi connectivity index (χ2n) is 4.77. The number of hydrogen-bond acceptors (Lipinski definition) is 2. The minimum Gasteiger partial charge on any atom is -0.373 e. The van der Waals surface area contributed by atoms with Crippen LogP contribution < -0.4 is 10.6 Å². The molecule has 2 N–H and O–H groups in total. The van der Waals surface area contributed by atoms with E-state index >= 15 is 0 Å². The number of nitrogens with zero attached hydrogens (tertiary/aromatic N) is 1. The van der Waals surface area contributed by atoms with Crippen molar-refractivity contribution in [3.8, 4) is 0 Å². The van der Waals surface area contributed by atoms with Crippen LogP contribution in [0, 0.1) is 0 Å². The van der Waals surface area contributed by atoms with Gasteiger partial charge < -0.3 is 15.4 Å². The third-order valence-corrected chi connectivity index (χ3v) is 3.42. The van der Waals surface area contributed by atoms with E-state index < -0.39 is 0 Å². The molecule has 108 valence electrons. The van der Waals surface area contributed by atoms with E-state index in [4.69, 9.17) is 4.74 Å². The number of rotatable bonds is 5. The van der Waals surface area contributed by atoms with Crippen molar-refractivity contribution in [3.63, 3.8) is 0 Å². The molecule has 0 aromatic heterocycles. The highest BCUT2D eigenvalue weighted by molar-refractivity contribution is 14.0. The summed E-state index contributed by atoms with van der Waals surface area (Å²) in [5.41, 5.74) is 0.0288. The normalized spacial score (nSPS) is 18.9. The second-order valence-corrected chi connectivity index (χ2v) is 4.77. The Morgan fingerprint density at radius 1 is 1.28 bits per heavy atom. The summed E-state index contributed by atoms with van der Waals surface area (Å²) in [7, 11) is 3.68. The Morgan fingerprint density at radius 3 is 2.44 bits per heavy atom. The van der Waals surface area contributed by atoms with E-state index in [-0.39, 0.29) is 29.6 Å². The quantitative estimate of drug-likeness (QED) is 0.445. The molecule has 0 spiro atoms. The van der Waals surface area contributed by atoms with Crippen molar-refractivity contribution in [1.82, 2.24) is 10.6 Å². The van der Waals surface area contributed by atoms with Crippen molar-refractivity contribution < 1.29 is 4.74 Å². The molecule has 0 aliphatic heterocycles. The number of guanidine groups is 1. The highest BCUT2D eigenvalue weighted by Crippen LogP contribution is 2.31. The maximum atomic E-state index is 6.11. The molecule has 0 bridgehead atoms. The largest absolute Gasteiger partial charge is 0.373 e. The minimum atomic E-state index is 0. The maximum absolute atomic E-state index is 6.11. The fourth-order valence-corrected chi connectivity index (χ4v) is 2.41.